The molecule has 2 aromatic carbocycles. The molecule has 7 nitrogen and oxygen atoms in total. The Kier molecular flexibility index (Phi) is 5.80. The van der Waals surface area contributed by atoms with Crippen molar-refractivity contribution in [2.24, 2.45) is 0 Å². The lowest BCUT2D eigenvalue weighted by atomic mass is 10.2. The minimum Gasteiger partial charge on any atom is -0.318 e. The predicted octanol–water partition coefficient (Wildman–Crippen LogP) is 4.05. The summed E-state index contributed by atoms with van der Waals surface area (Å²) in [7, 11) is 0. The first-order chi connectivity index (χ1) is 14.6. The molecule has 0 unspecified atom stereocenters. The van der Waals surface area contributed by atoms with E-state index in [4.69, 9.17) is 0 Å². The first-order valence-corrected chi connectivity index (χ1v) is 10.1. The van der Waals surface area contributed by atoms with E-state index in [-0.39, 0.29) is 11.4 Å². The van der Waals surface area contributed by atoms with Crippen molar-refractivity contribution in [1.29, 1.82) is 0 Å². The average Bonchev–Trinajstić information content (AvgIpc) is 3.19. The van der Waals surface area contributed by atoms with Crippen LogP contribution >= 0.6 is 11.8 Å². The van der Waals surface area contributed by atoms with E-state index < -0.39 is 11.7 Å². The third kappa shape index (κ3) is 4.36. The molecular formula is C21H17FN6OS. The van der Waals surface area contributed by atoms with Gasteiger partial charge in [-0.15, -0.1) is 5.10 Å². The van der Waals surface area contributed by atoms with Crippen LogP contribution < -0.4 is 5.32 Å². The molecular weight excluding hydrogens is 403 g/mol. The van der Waals surface area contributed by atoms with Crippen molar-refractivity contribution in [2.75, 3.05) is 5.32 Å². The number of hydrogen-bond donors (Lipinski definition) is 1. The smallest absolute Gasteiger partial charge is 0.278 e. The van der Waals surface area contributed by atoms with Crippen LogP contribution in [0.2, 0.25) is 0 Å². The highest BCUT2D eigenvalue weighted by atomic mass is 32.2. The van der Waals surface area contributed by atoms with E-state index in [1.807, 2.05) is 31.2 Å². The molecule has 1 N–H and O–H groups in total. The van der Waals surface area contributed by atoms with Gasteiger partial charge in [0.2, 0.25) is 0 Å². The lowest BCUT2D eigenvalue weighted by Gasteiger charge is -2.09. The maximum absolute atomic E-state index is 14.0. The van der Waals surface area contributed by atoms with Crippen molar-refractivity contribution in [1.82, 2.24) is 25.0 Å². The second-order valence-corrected chi connectivity index (χ2v) is 7.33. The summed E-state index contributed by atoms with van der Waals surface area (Å²) < 4.78 is 15.6. The Balaban J connectivity index is 1.67. The number of halogens is 1. The number of aryl methyl sites for hydroxylation is 1. The number of nitrogens with one attached hydrogen (secondary N) is 1. The summed E-state index contributed by atoms with van der Waals surface area (Å²) in [6.07, 6.45) is 3.30. The molecule has 0 aliphatic carbocycles. The molecule has 0 saturated heterocycles. The van der Waals surface area contributed by atoms with Crippen molar-refractivity contribution >= 4 is 23.4 Å². The quantitative estimate of drug-likeness (QED) is 0.374. The molecule has 2 aromatic heterocycles. The molecule has 2 heterocycles. The maximum Gasteiger partial charge on any atom is 0.278 e. The first-order valence-electron chi connectivity index (χ1n) is 9.09. The predicted molar refractivity (Wildman–Crippen MR) is 112 cm³/mol. The third-order valence-electron chi connectivity index (χ3n) is 4.26. The number of thioether (sulfide) groups is 1. The fraction of sp³-hybridized carbons (Fsp3) is 0.0952. The molecule has 0 fully saturated rings. The molecule has 30 heavy (non-hydrogen) atoms. The van der Waals surface area contributed by atoms with Crippen molar-refractivity contribution in [3.8, 4) is 5.69 Å². The number of anilines is 1. The van der Waals surface area contributed by atoms with Gasteiger partial charge in [-0.1, -0.05) is 46.8 Å². The number of aromatic nitrogens is 5. The summed E-state index contributed by atoms with van der Waals surface area (Å²) in [6, 6.07) is 15.4. The van der Waals surface area contributed by atoms with Gasteiger partial charge < -0.3 is 5.32 Å². The van der Waals surface area contributed by atoms with Gasteiger partial charge in [-0.2, -0.15) is 0 Å². The molecule has 4 rings (SSSR count). The summed E-state index contributed by atoms with van der Waals surface area (Å²) in [5.41, 5.74) is 2.62. The lowest BCUT2D eigenvalue weighted by Crippen LogP contribution is -2.16. The van der Waals surface area contributed by atoms with E-state index in [0.717, 1.165) is 11.3 Å². The van der Waals surface area contributed by atoms with Gasteiger partial charge in [-0.05, 0) is 37.3 Å². The monoisotopic (exact) mass is 420 g/mol. The molecule has 0 bridgehead atoms. The standard InChI is InChI=1S/C21H17FN6OS/c1-14-7-9-15(10-8-14)28-18(13-30-21-23-11-4-12-24-21)19(26-27-28)20(29)25-17-6-3-2-5-16(17)22/h2-12H,13H2,1H3,(H,25,29). The lowest BCUT2D eigenvalue weighted by molar-refractivity contribution is 0.102. The molecule has 4 aromatic rings. The molecule has 9 heteroatoms. The number of hydrogen-bond acceptors (Lipinski definition) is 6. The number of benzene rings is 2. The average molecular weight is 420 g/mol. The van der Waals surface area contributed by atoms with Gasteiger partial charge in [0.05, 0.1) is 17.1 Å². The zero-order valence-corrected chi connectivity index (χ0v) is 16.8. The highest BCUT2D eigenvalue weighted by Gasteiger charge is 2.22. The van der Waals surface area contributed by atoms with Crippen LogP contribution in [0.15, 0.2) is 72.1 Å². The van der Waals surface area contributed by atoms with E-state index in [2.05, 4.69) is 25.6 Å². The summed E-state index contributed by atoms with van der Waals surface area (Å²) in [6.45, 7) is 1.99. The van der Waals surface area contributed by atoms with Crippen LogP contribution in [0, 0.1) is 12.7 Å². The van der Waals surface area contributed by atoms with Crippen LogP contribution in [0.1, 0.15) is 21.7 Å². The van der Waals surface area contributed by atoms with Crippen molar-refractivity contribution in [3.05, 3.63) is 89.8 Å². The molecule has 0 radical (unpaired) electrons. The van der Waals surface area contributed by atoms with Crippen LogP contribution in [-0.2, 0) is 5.75 Å². The Hall–Kier alpha value is -3.59. The van der Waals surface area contributed by atoms with Crippen LogP contribution in [-0.4, -0.2) is 30.9 Å². The van der Waals surface area contributed by atoms with E-state index >= 15 is 0 Å². The van der Waals surface area contributed by atoms with E-state index in [1.54, 1.807) is 35.3 Å². The highest BCUT2D eigenvalue weighted by Crippen LogP contribution is 2.24. The maximum atomic E-state index is 14.0. The molecule has 0 spiro atoms. The van der Waals surface area contributed by atoms with Crippen molar-refractivity contribution in [2.45, 2.75) is 17.8 Å². The fourth-order valence-corrected chi connectivity index (χ4v) is 3.53. The number of carbonyl (C=O) groups excluding carboxylic acids is 1. The van der Waals surface area contributed by atoms with Crippen LogP contribution in [0.5, 0.6) is 0 Å². The first kappa shape index (κ1) is 19.7. The van der Waals surface area contributed by atoms with Crippen molar-refractivity contribution in [3.63, 3.8) is 0 Å². The van der Waals surface area contributed by atoms with Gasteiger partial charge in [0, 0.05) is 18.1 Å². The zero-order valence-electron chi connectivity index (χ0n) is 16.0. The van der Waals surface area contributed by atoms with E-state index in [9.17, 15) is 9.18 Å². The Bertz CT molecular complexity index is 1160. The zero-order chi connectivity index (χ0) is 20.9. The summed E-state index contributed by atoms with van der Waals surface area (Å²) in [4.78, 5) is 21.3. The number of carbonyl (C=O) groups is 1. The highest BCUT2D eigenvalue weighted by molar-refractivity contribution is 7.98. The number of rotatable bonds is 6. The summed E-state index contributed by atoms with van der Waals surface area (Å²) >= 11 is 1.35. The van der Waals surface area contributed by atoms with Gasteiger partial charge >= 0.3 is 0 Å². The third-order valence-corrected chi connectivity index (χ3v) is 5.15. The molecule has 1 amide bonds. The molecule has 150 valence electrons. The fourth-order valence-electron chi connectivity index (χ4n) is 2.74. The van der Waals surface area contributed by atoms with Gasteiger partial charge in [-0.3, -0.25) is 4.79 Å². The number of amides is 1. The van der Waals surface area contributed by atoms with Crippen LogP contribution in [0.25, 0.3) is 5.69 Å². The Morgan fingerprint density at radius 1 is 1.07 bits per heavy atom. The number of nitrogens with zero attached hydrogens (tertiary/aromatic N) is 5. The van der Waals surface area contributed by atoms with Gasteiger partial charge in [0.1, 0.15) is 5.82 Å². The second-order valence-electron chi connectivity index (χ2n) is 6.39. The Morgan fingerprint density at radius 2 is 1.80 bits per heavy atom. The molecule has 0 saturated carbocycles. The molecule has 0 aliphatic rings. The Morgan fingerprint density at radius 3 is 2.53 bits per heavy atom. The molecule has 0 aliphatic heterocycles. The van der Waals surface area contributed by atoms with Gasteiger partial charge in [0.15, 0.2) is 10.9 Å². The number of para-hydroxylation sites is 1. The van der Waals surface area contributed by atoms with Crippen LogP contribution in [0.3, 0.4) is 0 Å². The van der Waals surface area contributed by atoms with Gasteiger partial charge in [0.25, 0.3) is 5.91 Å². The van der Waals surface area contributed by atoms with E-state index in [1.165, 1.54) is 23.9 Å². The summed E-state index contributed by atoms with van der Waals surface area (Å²) in [5.74, 6) is -0.710. The largest absolute Gasteiger partial charge is 0.318 e. The Labute approximate surface area is 176 Å². The van der Waals surface area contributed by atoms with Crippen molar-refractivity contribution < 1.29 is 9.18 Å². The minimum atomic E-state index is -0.539. The minimum absolute atomic E-state index is 0.0809. The van der Waals surface area contributed by atoms with Crippen LogP contribution in [0.4, 0.5) is 10.1 Å². The SMILES string of the molecule is Cc1ccc(-n2nnc(C(=O)Nc3ccccc3F)c2CSc2ncccn2)cc1. The summed E-state index contributed by atoms with van der Waals surface area (Å²) in [5, 5.41) is 11.4. The second kappa shape index (κ2) is 8.83. The molecule has 0 atom stereocenters. The topological polar surface area (TPSA) is 85.6 Å². The normalized spacial score (nSPS) is 10.7. The van der Waals surface area contributed by atoms with E-state index in [0.29, 0.717) is 16.6 Å². The van der Waals surface area contributed by atoms with Gasteiger partial charge in [-0.25, -0.2) is 19.0 Å².